The molecule has 2 aliphatic rings. The van der Waals surface area contributed by atoms with E-state index in [-0.39, 0.29) is 5.97 Å². The topological polar surface area (TPSA) is 44.8 Å². The average molecular weight is 344 g/mol. The Kier molecular flexibility index (Phi) is 6.14. The highest BCUT2D eigenvalue weighted by Crippen LogP contribution is 2.38. The monoisotopic (exact) mass is 344 g/mol. The van der Waals surface area contributed by atoms with E-state index in [4.69, 9.17) is 14.2 Å². The van der Waals surface area contributed by atoms with E-state index in [0.29, 0.717) is 24.0 Å². The van der Waals surface area contributed by atoms with E-state index >= 15 is 0 Å². The first-order chi connectivity index (χ1) is 12.2. The van der Waals surface area contributed by atoms with Gasteiger partial charge in [0.15, 0.2) is 0 Å². The Labute approximate surface area is 150 Å². The highest BCUT2D eigenvalue weighted by atomic mass is 16.5. The standard InChI is InChI=1S/C21H28O4/c1-3-15-5-4-6-17(8-7-15)19-10-9-18(21(22)23-2)11-20(19)25-14-16-12-24-13-16/h5,9-11,16-17H,3-4,6-8,12-14H2,1-2H3. The lowest BCUT2D eigenvalue weighted by Crippen LogP contribution is -2.32. The molecule has 25 heavy (non-hydrogen) atoms. The van der Waals surface area contributed by atoms with Crippen molar-refractivity contribution in [2.75, 3.05) is 26.9 Å². The van der Waals surface area contributed by atoms with E-state index in [2.05, 4.69) is 19.1 Å². The van der Waals surface area contributed by atoms with E-state index in [0.717, 1.165) is 51.1 Å². The second-order valence-corrected chi connectivity index (χ2v) is 6.99. The van der Waals surface area contributed by atoms with Crippen molar-refractivity contribution in [3.05, 3.63) is 41.0 Å². The number of ether oxygens (including phenoxy) is 3. The third-order valence-corrected chi connectivity index (χ3v) is 5.27. The summed E-state index contributed by atoms with van der Waals surface area (Å²) >= 11 is 0. The number of benzene rings is 1. The summed E-state index contributed by atoms with van der Waals surface area (Å²) in [7, 11) is 1.41. The molecule has 1 aliphatic carbocycles. The van der Waals surface area contributed by atoms with Crippen LogP contribution >= 0.6 is 0 Å². The van der Waals surface area contributed by atoms with Gasteiger partial charge in [-0.3, -0.25) is 0 Å². The van der Waals surface area contributed by atoms with E-state index in [9.17, 15) is 4.79 Å². The van der Waals surface area contributed by atoms with Crippen molar-refractivity contribution in [1.82, 2.24) is 0 Å². The van der Waals surface area contributed by atoms with Gasteiger partial charge in [0.2, 0.25) is 0 Å². The van der Waals surface area contributed by atoms with E-state index < -0.39 is 0 Å². The van der Waals surface area contributed by atoms with E-state index in [1.165, 1.54) is 12.7 Å². The summed E-state index contributed by atoms with van der Waals surface area (Å²) in [5, 5.41) is 0. The smallest absolute Gasteiger partial charge is 0.337 e. The van der Waals surface area contributed by atoms with Gasteiger partial charge in [-0.15, -0.1) is 0 Å². The van der Waals surface area contributed by atoms with Crippen LogP contribution in [0.2, 0.25) is 0 Å². The Bertz CT molecular complexity index is 631. The molecule has 4 nitrogen and oxygen atoms in total. The molecule has 1 heterocycles. The molecule has 1 aromatic carbocycles. The molecule has 1 fully saturated rings. The Morgan fingerprint density at radius 1 is 1.28 bits per heavy atom. The molecule has 0 amide bonds. The Hall–Kier alpha value is -1.81. The molecule has 3 rings (SSSR count). The van der Waals surface area contributed by atoms with Crippen LogP contribution < -0.4 is 4.74 Å². The number of hydrogen-bond acceptors (Lipinski definition) is 4. The lowest BCUT2D eigenvalue weighted by Gasteiger charge is -2.27. The van der Waals surface area contributed by atoms with Gasteiger partial charge in [0, 0.05) is 5.92 Å². The van der Waals surface area contributed by atoms with Crippen LogP contribution in [0.25, 0.3) is 0 Å². The van der Waals surface area contributed by atoms with Crippen LogP contribution in [0.3, 0.4) is 0 Å². The average Bonchev–Trinajstić information content (AvgIpc) is 2.85. The molecule has 1 unspecified atom stereocenters. The number of rotatable bonds is 6. The summed E-state index contributed by atoms with van der Waals surface area (Å²) in [5.41, 5.74) is 3.33. The number of hydrogen-bond donors (Lipinski definition) is 0. The predicted molar refractivity (Wildman–Crippen MR) is 97.2 cm³/mol. The van der Waals surface area contributed by atoms with Crippen LogP contribution in [-0.2, 0) is 9.47 Å². The van der Waals surface area contributed by atoms with Gasteiger partial charge in [-0.25, -0.2) is 4.79 Å². The highest BCUT2D eigenvalue weighted by Gasteiger charge is 2.23. The fraction of sp³-hybridized carbons (Fsp3) is 0.571. The lowest BCUT2D eigenvalue weighted by atomic mass is 9.89. The van der Waals surface area contributed by atoms with Crippen LogP contribution in [0.15, 0.2) is 29.8 Å². The van der Waals surface area contributed by atoms with Crippen LogP contribution in [0, 0.1) is 5.92 Å². The van der Waals surface area contributed by atoms with Crippen molar-refractivity contribution in [2.45, 2.75) is 44.9 Å². The Morgan fingerprint density at radius 3 is 2.80 bits per heavy atom. The molecule has 1 saturated heterocycles. The van der Waals surface area contributed by atoms with Crippen molar-refractivity contribution in [3.63, 3.8) is 0 Å². The highest BCUT2D eigenvalue weighted by molar-refractivity contribution is 5.90. The summed E-state index contributed by atoms with van der Waals surface area (Å²) in [6.07, 6.45) is 8.07. The first-order valence-corrected chi connectivity index (χ1v) is 9.32. The van der Waals surface area contributed by atoms with Gasteiger partial charge in [0.25, 0.3) is 0 Å². The maximum absolute atomic E-state index is 11.9. The van der Waals surface area contributed by atoms with Gasteiger partial charge in [-0.2, -0.15) is 0 Å². The zero-order chi connectivity index (χ0) is 17.6. The van der Waals surface area contributed by atoms with Gasteiger partial charge < -0.3 is 14.2 Å². The van der Waals surface area contributed by atoms with Crippen molar-refractivity contribution in [3.8, 4) is 5.75 Å². The molecule has 0 spiro atoms. The van der Waals surface area contributed by atoms with Crippen LogP contribution in [0.1, 0.15) is 60.9 Å². The van der Waals surface area contributed by atoms with Gasteiger partial charge in [-0.05, 0) is 55.7 Å². The molecule has 0 N–H and O–H groups in total. The minimum atomic E-state index is -0.320. The molecule has 1 aromatic rings. The normalized spacial score (nSPS) is 21.0. The van der Waals surface area contributed by atoms with Crippen molar-refractivity contribution in [1.29, 1.82) is 0 Å². The summed E-state index contributed by atoms with van der Waals surface area (Å²) in [6, 6.07) is 5.76. The molecule has 4 heteroatoms. The van der Waals surface area contributed by atoms with Gasteiger partial charge in [0.05, 0.1) is 32.5 Å². The molecular formula is C21H28O4. The Morgan fingerprint density at radius 2 is 2.12 bits per heavy atom. The largest absolute Gasteiger partial charge is 0.493 e. The lowest BCUT2D eigenvalue weighted by molar-refractivity contribution is -0.0510. The molecule has 0 aromatic heterocycles. The molecule has 0 saturated carbocycles. The quantitative estimate of drug-likeness (QED) is 0.563. The maximum Gasteiger partial charge on any atom is 0.337 e. The number of carbonyl (C=O) groups excluding carboxylic acids is 1. The predicted octanol–water partition coefficient (Wildman–Crippen LogP) is 4.49. The molecule has 0 radical (unpaired) electrons. The van der Waals surface area contributed by atoms with Gasteiger partial charge in [-0.1, -0.05) is 24.6 Å². The van der Waals surface area contributed by atoms with Crippen molar-refractivity contribution >= 4 is 5.97 Å². The number of methoxy groups -OCH3 is 1. The zero-order valence-corrected chi connectivity index (χ0v) is 15.3. The molecule has 136 valence electrons. The Balaban J connectivity index is 1.79. The van der Waals surface area contributed by atoms with E-state index in [1.54, 1.807) is 5.57 Å². The summed E-state index contributed by atoms with van der Waals surface area (Å²) in [6.45, 7) is 4.40. The summed E-state index contributed by atoms with van der Waals surface area (Å²) in [4.78, 5) is 11.9. The maximum atomic E-state index is 11.9. The van der Waals surface area contributed by atoms with Crippen LogP contribution in [0.4, 0.5) is 0 Å². The number of carbonyl (C=O) groups is 1. The third-order valence-electron chi connectivity index (χ3n) is 5.27. The second kappa shape index (κ2) is 8.52. The number of allylic oxidation sites excluding steroid dienone is 2. The van der Waals surface area contributed by atoms with Gasteiger partial charge >= 0.3 is 5.97 Å². The van der Waals surface area contributed by atoms with Crippen LogP contribution in [0.5, 0.6) is 5.75 Å². The summed E-state index contributed by atoms with van der Waals surface area (Å²) in [5.74, 6) is 1.44. The van der Waals surface area contributed by atoms with Crippen molar-refractivity contribution < 1.29 is 19.0 Å². The molecule has 1 aliphatic heterocycles. The molecule has 0 bridgehead atoms. The first-order valence-electron chi connectivity index (χ1n) is 9.32. The zero-order valence-electron chi connectivity index (χ0n) is 15.3. The first kappa shape index (κ1) is 18.0. The fourth-order valence-corrected chi connectivity index (χ4v) is 3.56. The van der Waals surface area contributed by atoms with Crippen LogP contribution in [-0.4, -0.2) is 32.9 Å². The van der Waals surface area contributed by atoms with Gasteiger partial charge in [0.1, 0.15) is 5.75 Å². The second-order valence-electron chi connectivity index (χ2n) is 6.99. The number of esters is 1. The summed E-state index contributed by atoms with van der Waals surface area (Å²) < 4.78 is 16.2. The molecular weight excluding hydrogens is 316 g/mol. The molecule has 1 atom stereocenters. The minimum absolute atomic E-state index is 0.320. The fourth-order valence-electron chi connectivity index (χ4n) is 3.56. The SMILES string of the molecule is CCC1=CCCC(c2ccc(C(=O)OC)cc2OCC2COC2)CC1. The van der Waals surface area contributed by atoms with E-state index in [1.807, 2.05) is 12.1 Å². The van der Waals surface area contributed by atoms with Crippen molar-refractivity contribution in [2.24, 2.45) is 5.92 Å². The minimum Gasteiger partial charge on any atom is -0.493 e. The third kappa shape index (κ3) is 4.43.